The molecule has 3 rings (SSSR count). The van der Waals surface area contributed by atoms with E-state index in [0.29, 0.717) is 15.0 Å². The molecule has 1 atom stereocenters. The van der Waals surface area contributed by atoms with Gasteiger partial charge in [0.2, 0.25) is 5.91 Å². The molecular formula is C17H16N2O5S3. The predicted molar refractivity (Wildman–Crippen MR) is 107 cm³/mol. The Balaban J connectivity index is 1.51. The first kappa shape index (κ1) is 19.6. The summed E-state index contributed by atoms with van der Waals surface area (Å²) in [5.74, 6) is -0.0611. The van der Waals surface area contributed by atoms with Gasteiger partial charge in [-0.3, -0.25) is 14.5 Å². The molecule has 1 aromatic rings. The topological polar surface area (TPSA) is 96.7 Å². The third-order valence-electron chi connectivity index (χ3n) is 3.76. The van der Waals surface area contributed by atoms with Gasteiger partial charge in [-0.25, -0.2) is 8.42 Å². The van der Waals surface area contributed by atoms with E-state index < -0.39 is 15.9 Å². The highest BCUT2D eigenvalue weighted by Gasteiger charge is 2.32. The normalized spacial score (nSPS) is 23.0. The molecule has 0 radical (unpaired) electrons. The zero-order valence-electron chi connectivity index (χ0n) is 14.0. The Labute approximate surface area is 166 Å². The summed E-state index contributed by atoms with van der Waals surface area (Å²) in [4.78, 5) is 26.3. The molecular weight excluding hydrogens is 408 g/mol. The van der Waals surface area contributed by atoms with E-state index in [2.05, 4.69) is 5.32 Å². The van der Waals surface area contributed by atoms with Crippen LogP contribution < -0.4 is 5.32 Å². The van der Waals surface area contributed by atoms with Crippen molar-refractivity contribution in [3.05, 3.63) is 52.7 Å². The molecule has 0 aromatic carbocycles. The van der Waals surface area contributed by atoms with Crippen molar-refractivity contribution in [1.29, 1.82) is 0 Å². The molecule has 0 saturated carbocycles. The van der Waals surface area contributed by atoms with Gasteiger partial charge in [0.25, 0.3) is 5.91 Å². The summed E-state index contributed by atoms with van der Waals surface area (Å²) in [6.45, 7) is 0.138. The van der Waals surface area contributed by atoms with Crippen molar-refractivity contribution in [1.82, 2.24) is 10.2 Å². The Morgan fingerprint density at radius 1 is 1.48 bits per heavy atom. The summed E-state index contributed by atoms with van der Waals surface area (Å²) >= 11 is 6.38. The zero-order chi connectivity index (χ0) is 19.4. The minimum Gasteiger partial charge on any atom is -0.465 e. The molecule has 142 valence electrons. The molecule has 7 nitrogen and oxygen atoms in total. The third kappa shape index (κ3) is 5.18. The number of amides is 2. The van der Waals surface area contributed by atoms with Gasteiger partial charge in [0.15, 0.2) is 9.84 Å². The third-order valence-corrected chi connectivity index (χ3v) is 6.56. The zero-order valence-corrected chi connectivity index (χ0v) is 16.5. The van der Waals surface area contributed by atoms with E-state index in [4.69, 9.17) is 16.6 Å². The van der Waals surface area contributed by atoms with Crippen LogP contribution in [-0.4, -0.2) is 47.8 Å². The fourth-order valence-electron chi connectivity index (χ4n) is 2.48. The second kappa shape index (κ2) is 8.24. The largest absolute Gasteiger partial charge is 0.465 e. The molecule has 1 N–H and O–H groups in total. The summed E-state index contributed by atoms with van der Waals surface area (Å²) in [5.41, 5.74) is 0. The van der Waals surface area contributed by atoms with E-state index in [1.165, 1.54) is 22.7 Å². The number of furan rings is 1. The number of hydrogen-bond acceptors (Lipinski definition) is 7. The number of carbonyl (C=O) groups is 2. The first-order chi connectivity index (χ1) is 12.8. The predicted octanol–water partition coefficient (Wildman–Crippen LogP) is 1.85. The maximum Gasteiger partial charge on any atom is 0.266 e. The lowest BCUT2D eigenvalue weighted by Crippen LogP contribution is -2.38. The van der Waals surface area contributed by atoms with Gasteiger partial charge in [-0.15, -0.1) is 0 Å². The Morgan fingerprint density at radius 3 is 2.96 bits per heavy atom. The van der Waals surface area contributed by atoms with Gasteiger partial charge in [0.05, 0.1) is 23.0 Å². The molecule has 2 amide bonds. The smallest absolute Gasteiger partial charge is 0.266 e. The van der Waals surface area contributed by atoms with Crippen LogP contribution in [0.15, 0.2) is 51.4 Å². The lowest BCUT2D eigenvalue weighted by atomic mass is 10.3. The van der Waals surface area contributed by atoms with Crippen molar-refractivity contribution >= 4 is 56.0 Å². The average molecular weight is 425 g/mol. The van der Waals surface area contributed by atoms with E-state index in [9.17, 15) is 18.0 Å². The number of thioether (sulfide) groups is 1. The molecule has 0 bridgehead atoms. The van der Waals surface area contributed by atoms with Crippen molar-refractivity contribution < 1.29 is 22.4 Å². The SMILES string of the molecule is O=C(CCN1C(=O)/C(=C/C=C/c2ccco2)SC1=S)N[C@@H]1C=CS(=O)(=O)C1. The van der Waals surface area contributed by atoms with Crippen LogP contribution in [0.2, 0.25) is 0 Å². The number of nitrogens with one attached hydrogen (secondary N) is 1. The molecule has 27 heavy (non-hydrogen) atoms. The fourth-order valence-corrected chi connectivity index (χ4v) is 4.98. The van der Waals surface area contributed by atoms with Gasteiger partial charge in [-0.2, -0.15) is 0 Å². The van der Waals surface area contributed by atoms with Crippen LogP contribution in [0.25, 0.3) is 6.08 Å². The Bertz CT molecular complexity index is 945. The highest BCUT2D eigenvalue weighted by Crippen LogP contribution is 2.31. The number of nitrogens with zero attached hydrogens (tertiary/aromatic N) is 1. The molecule has 1 saturated heterocycles. The quantitative estimate of drug-likeness (QED) is 0.550. The van der Waals surface area contributed by atoms with Gasteiger partial charge in [0, 0.05) is 18.4 Å². The summed E-state index contributed by atoms with van der Waals surface area (Å²) < 4.78 is 28.2. The van der Waals surface area contributed by atoms with Crippen LogP contribution in [0, 0.1) is 0 Å². The van der Waals surface area contributed by atoms with E-state index in [1.54, 1.807) is 36.6 Å². The fraction of sp³-hybridized carbons (Fsp3) is 0.235. The second-order valence-electron chi connectivity index (χ2n) is 5.81. The highest BCUT2D eigenvalue weighted by atomic mass is 32.2. The average Bonchev–Trinajstić information content (AvgIpc) is 3.28. The molecule has 1 fully saturated rings. The van der Waals surface area contributed by atoms with Gasteiger partial charge in [-0.1, -0.05) is 30.1 Å². The molecule has 0 unspecified atom stereocenters. The molecule has 3 heterocycles. The van der Waals surface area contributed by atoms with E-state index in [0.717, 1.165) is 5.41 Å². The second-order valence-corrected chi connectivity index (χ2v) is 9.42. The van der Waals surface area contributed by atoms with Gasteiger partial charge >= 0.3 is 0 Å². The molecule has 10 heteroatoms. The van der Waals surface area contributed by atoms with Crippen LogP contribution in [0.5, 0.6) is 0 Å². The van der Waals surface area contributed by atoms with Gasteiger partial charge in [-0.05, 0) is 30.4 Å². The van der Waals surface area contributed by atoms with E-state index in [-0.39, 0.29) is 30.5 Å². The first-order valence-corrected chi connectivity index (χ1v) is 10.9. The van der Waals surface area contributed by atoms with Crippen molar-refractivity contribution in [2.75, 3.05) is 12.3 Å². The molecule has 0 spiro atoms. The molecule has 2 aliphatic rings. The summed E-state index contributed by atoms with van der Waals surface area (Å²) in [6, 6.07) is 3.03. The van der Waals surface area contributed by atoms with E-state index >= 15 is 0 Å². The number of allylic oxidation sites excluding steroid dienone is 2. The number of thiocarbonyl (C=S) groups is 1. The lowest BCUT2D eigenvalue weighted by Gasteiger charge is -2.15. The van der Waals surface area contributed by atoms with Crippen molar-refractivity contribution in [2.45, 2.75) is 12.5 Å². The molecule has 1 aromatic heterocycles. The minimum atomic E-state index is -3.23. The van der Waals surface area contributed by atoms with E-state index in [1.807, 2.05) is 0 Å². The first-order valence-electron chi connectivity index (χ1n) is 8.00. The minimum absolute atomic E-state index is 0.0341. The Hall–Kier alpha value is -2.17. The van der Waals surface area contributed by atoms with Crippen molar-refractivity contribution in [3.63, 3.8) is 0 Å². The standard InChI is InChI=1S/C17H16N2O5S3/c20-15(18-12-7-10-27(22,23)11-12)6-8-19-16(21)14(26-17(19)25)5-1-3-13-4-2-9-24-13/h1-5,7,9-10,12H,6,8,11H2,(H,18,20)/b3-1+,14-5-/t12-/m1/s1. The highest BCUT2D eigenvalue weighted by molar-refractivity contribution is 8.26. The number of rotatable bonds is 6. The summed E-state index contributed by atoms with van der Waals surface area (Å²) in [7, 11) is -3.23. The van der Waals surface area contributed by atoms with Crippen LogP contribution in [0.1, 0.15) is 12.2 Å². The maximum absolute atomic E-state index is 12.4. The van der Waals surface area contributed by atoms with Crippen molar-refractivity contribution in [2.24, 2.45) is 0 Å². The van der Waals surface area contributed by atoms with Gasteiger partial charge in [0.1, 0.15) is 10.1 Å². The van der Waals surface area contributed by atoms with Gasteiger partial charge < -0.3 is 9.73 Å². The Morgan fingerprint density at radius 2 is 2.30 bits per heavy atom. The van der Waals surface area contributed by atoms with Crippen LogP contribution in [-0.2, 0) is 19.4 Å². The lowest BCUT2D eigenvalue weighted by molar-refractivity contribution is -0.124. The Kier molecular flexibility index (Phi) is 5.98. The molecule has 2 aliphatic heterocycles. The monoisotopic (exact) mass is 424 g/mol. The number of sulfone groups is 1. The van der Waals surface area contributed by atoms with Crippen LogP contribution in [0.3, 0.4) is 0 Å². The van der Waals surface area contributed by atoms with Crippen LogP contribution in [0.4, 0.5) is 0 Å². The summed E-state index contributed by atoms with van der Waals surface area (Å²) in [6.07, 6.45) is 8.11. The molecule has 0 aliphatic carbocycles. The number of carbonyl (C=O) groups excluding carboxylic acids is 2. The van der Waals surface area contributed by atoms with Crippen molar-refractivity contribution in [3.8, 4) is 0 Å². The summed E-state index contributed by atoms with van der Waals surface area (Å²) in [5, 5.41) is 3.72. The van der Waals surface area contributed by atoms with Crippen LogP contribution >= 0.6 is 24.0 Å². The maximum atomic E-state index is 12.4. The number of hydrogen-bond donors (Lipinski definition) is 1.